The Morgan fingerprint density at radius 3 is 0.932 bits per heavy atom. The molecule has 3 aromatic carbocycles. The molecule has 14 N–H and O–H groups in total. The van der Waals surface area contributed by atoms with Crippen LogP contribution in [0.25, 0.3) is 0 Å². The summed E-state index contributed by atoms with van der Waals surface area (Å²) < 4.78 is 0. The lowest BCUT2D eigenvalue weighted by molar-refractivity contribution is 0.173. The fourth-order valence-corrected chi connectivity index (χ4v) is 8.59. The maximum Gasteiger partial charge on any atom is 0.157 e. The van der Waals surface area contributed by atoms with E-state index in [0.29, 0.717) is 0 Å². The number of hydrogen-bond donors (Lipinski definition) is 14. The highest BCUT2D eigenvalue weighted by Crippen LogP contribution is 2.27. The number of phenolic OH excluding ortho intramolecular Hbond substituents is 6. The number of hydrogen-bond acceptors (Lipinski definition) is 17. The monoisotopic (exact) mass is 1020 g/mol. The summed E-state index contributed by atoms with van der Waals surface area (Å²) in [5, 5.41) is 87.2. The summed E-state index contributed by atoms with van der Waals surface area (Å²) in [6.07, 6.45) is 11.2. The summed E-state index contributed by atoms with van der Waals surface area (Å²) in [6, 6.07) is 15.2. The minimum absolute atomic E-state index is 0.0560. The van der Waals surface area contributed by atoms with Gasteiger partial charge in [0.25, 0.3) is 0 Å². The molecule has 17 nitrogen and oxygen atoms in total. The van der Waals surface area contributed by atoms with Gasteiger partial charge in [-0.25, -0.2) is 0 Å². The van der Waals surface area contributed by atoms with E-state index in [1.807, 2.05) is 18.2 Å². The van der Waals surface area contributed by atoms with Gasteiger partial charge >= 0.3 is 0 Å². The molecule has 3 aromatic rings. The maximum atomic E-state index is 9.93. The number of rotatable bonds is 49. The van der Waals surface area contributed by atoms with E-state index in [9.17, 15) is 30.6 Å². The van der Waals surface area contributed by atoms with E-state index < -0.39 is 0 Å². The van der Waals surface area contributed by atoms with Gasteiger partial charge in [-0.15, -0.1) is 0 Å². The quantitative estimate of drug-likeness (QED) is 0.0286. The van der Waals surface area contributed by atoms with E-state index in [4.69, 9.17) is 0 Å². The average Bonchev–Trinajstić information content (AvgIpc) is 3.38. The van der Waals surface area contributed by atoms with Crippen LogP contribution in [0.15, 0.2) is 54.6 Å². The molecule has 0 bridgehead atoms. The van der Waals surface area contributed by atoms with Gasteiger partial charge in [-0.05, 0) is 163 Å². The second kappa shape index (κ2) is 42.3. The Bertz CT molecular complexity index is 1800. The van der Waals surface area contributed by atoms with Crippen molar-refractivity contribution in [2.75, 3.05) is 164 Å². The van der Waals surface area contributed by atoms with Gasteiger partial charge in [-0.2, -0.15) is 0 Å². The number of nitrogens with zero attached hydrogens (tertiary/aromatic N) is 3. The van der Waals surface area contributed by atoms with Crippen molar-refractivity contribution in [3.8, 4) is 34.5 Å². The van der Waals surface area contributed by atoms with Crippen molar-refractivity contribution in [1.29, 1.82) is 0 Å². The lowest BCUT2D eigenvalue weighted by Gasteiger charge is -2.30. The molecule has 3 rings (SSSR count). The lowest BCUT2D eigenvalue weighted by atomic mass is 10.1. The van der Waals surface area contributed by atoms with Gasteiger partial charge in [0.15, 0.2) is 34.5 Å². The molecule has 0 heterocycles. The molecule has 0 aliphatic heterocycles. The van der Waals surface area contributed by atoms with Crippen molar-refractivity contribution in [1.82, 2.24) is 57.2 Å². The van der Waals surface area contributed by atoms with Crippen molar-refractivity contribution in [2.45, 2.75) is 84.5 Å². The van der Waals surface area contributed by atoms with Crippen LogP contribution in [0.5, 0.6) is 34.5 Å². The Morgan fingerprint density at radius 1 is 0.274 bits per heavy atom. The first-order chi connectivity index (χ1) is 35.7. The fraction of sp³-hybridized carbons (Fsp3) is 0.679. The molecular weight excluding hydrogens is 923 g/mol. The molecule has 0 aliphatic carbocycles. The minimum atomic E-state index is -0.0830. The first kappa shape index (κ1) is 63.3. The Balaban J connectivity index is 1.50. The Kier molecular flexibility index (Phi) is 36.7. The van der Waals surface area contributed by atoms with E-state index in [-0.39, 0.29) is 34.5 Å². The topological polar surface area (TPSA) is 227 Å². The van der Waals surface area contributed by atoms with E-state index in [1.54, 1.807) is 36.4 Å². The van der Waals surface area contributed by atoms with Crippen LogP contribution in [0.2, 0.25) is 0 Å². The summed E-state index contributed by atoms with van der Waals surface area (Å²) in [7, 11) is 0. The van der Waals surface area contributed by atoms with Crippen LogP contribution in [0.1, 0.15) is 81.9 Å². The van der Waals surface area contributed by atoms with Gasteiger partial charge in [-0.1, -0.05) is 38.5 Å². The van der Waals surface area contributed by atoms with Crippen LogP contribution >= 0.6 is 0 Å². The van der Waals surface area contributed by atoms with Crippen LogP contribution in [0.3, 0.4) is 0 Å². The first-order valence-corrected chi connectivity index (χ1v) is 28.0. The maximum absolute atomic E-state index is 9.93. The Morgan fingerprint density at radius 2 is 0.562 bits per heavy atom. The normalized spacial score (nSPS) is 11.8. The second-order valence-corrected chi connectivity index (χ2v) is 19.4. The number of unbranched alkanes of at least 4 members (excludes halogenated alkanes) is 2. The highest BCUT2D eigenvalue weighted by atomic mass is 16.3. The van der Waals surface area contributed by atoms with E-state index in [1.165, 1.54) is 6.42 Å². The highest BCUT2D eigenvalue weighted by Gasteiger charge is 2.13. The molecule has 0 radical (unpaired) electrons. The molecule has 0 fully saturated rings. The average molecular weight is 1020 g/mol. The molecule has 416 valence electrons. The predicted octanol–water partition coefficient (Wildman–Crippen LogP) is 3.73. The molecule has 0 saturated heterocycles. The van der Waals surface area contributed by atoms with Gasteiger partial charge in [0.1, 0.15) is 0 Å². The standard InChI is InChI=1S/C56H101N11O6/c1-3-20-57-26-30-63-34-39-66(37-32-58-21-4-2)43-41-65(36-7-5-6-22-59-23-8-11-48-14-17-51(68)54(71)45-48)42-44-67(38-33-61-25-10-13-50-16-19-53(70)56(73)47-50)40-35-64-31-29-62-28-27-60-24-9-12-49-15-18-52(69)55(72)46-49/h14-19,45-47,57-64,68-73H,3-13,20-44H2,1-2H3. The van der Waals surface area contributed by atoms with Crippen molar-refractivity contribution >= 4 is 0 Å². The number of phenols is 6. The molecule has 0 amide bonds. The van der Waals surface area contributed by atoms with E-state index in [2.05, 4.69) is 71.1 Å². The largest absolute Gasteiger partial charge is 0.504 e. The predicted molar refractivity (Wildman–Crippen MR) is 301 cm³/mol. The lowest BCUT2D eigenvalue weighted by Crippen LogP contribution is -2.45. The van der Waals surface area contributed by atoms with Crippen LogP contribution in [-0.2, 0) is 19.3 Å². The van der Waals surface area contributed by atoms with Crippen LogP contribution in [0, 0.1) is 0 Å². The summed E-state index contributed by atoms with van der Waals surface area (Å²) in [4.78, 5) is 7.94. The van der Waals surface area contributed by atoms with Gasteiger partial charge in [0.2, 0.25) is 0 Å². The van der Waals surface area contributed by atoms with Crippen LogP contribution in [-0.4, -0.2) is 209 Å². The Hall–Kier alpha value is -3.98. The van der Waals surface area contributed by atoms with Gasteiger partial charge in [-0.3, -0.25) is 9.80 Å². The van der Waals surface area contributed by atoms with Crippen LogP contribution < -0.4 is 42.5 Å². The molecule has 0 aromatic heterocycles. The summed E-state index contributed by atoms with van der Waals surface area (Å²) >= 11 is 0. The molecular formula is C56H101N11O6. The number of nitrogens with one attached hydrogen (secondary N) is 8. The number of aryl methyl sites for hydroxylation is 3. The van der Waals surface area contributed by atoms with E-state index >= 15 is 0 Å². The molecule has 73 heavy (non-hydrogen) atoms. The summed E-state index contributed by atoms with van der Waals surface area (Å²) in [5.41, 5.74) is 3.08. The van der Waals surface area contributed by atoms with Crippen LogP contribution in [0.4, 0.5) is 0 Å². The zero-order chi connectivity index (χ0) is 52.4. The first-order valence-electron chi connectivity index (χ1n) is 28.0. The van der Waals surface area contributed by atoms with Crippen molar-refractivity contribution in [3.05, 3.63) is 71.3 Å². The fourth-order valence-electron chi connectivity index (χ4n) is 8.59. The second-order valence-electron chi connectivity index (χ2n) is 19.4. The van der Waals surface area contributed by atoms with Crippen molar-refractivity contribution < 1.29 is 30.6 Å². The summed E-state index contributed by atoms with van der Waals surface area (Å²) in [5.74, 6) is -0.425. The third-order valence-corrected chi connectivity index (χ3v) is 13.1. The third kappa shape index (κ3) is 32.2. The highest BCUT2D eigenvalue weighted by molar-refractivity contribution is 5.42. The molecule has 17 heteroatoms. The minimum Gasteiger partial charge on any atom is -0.504 e. The molecule has 0 atom stereocenters. The van der Waals surface area contributed by atoms with Crippen molar-refractivity contribution in [3.63, 3.8) is 0 Å². The Labute approximate surface area is 440 Å². The zero-order valence-electron chi connectivity index (χ0n) is 45.2. The van der Waals surface area contributed by atoms with Gasteiger partial charge in [0, 0.05) is 118 Å². The van der Waals surface area contributed by atoms with E-state index in [0.717, 1.165) is 245 Å². The van der Waals surface area contributed by atoms with Gasteiger partial charge in [0.05, 0.1) is 0 Å². The third-order valence-electron chi connectivity index (χ3n) is 13.1. The molecule has 0 saturated carbocycles. The SMILES string of the molecule is CCCNCCNCCN(CCNCCC)CCN(CCCCCNCCCc1ccc(O)c(O)c1)CCN(CCNCCCc1ccc(O)c(O)c1)CCNCCNCCNCCCc1ccc(O)c(O)c1. The molecule has 0 aliphatic rings. The van der Waals surface area contributed by atoms with Crippen molar-refractivity contribution in [2.24, 2.45) is 0 Å². The molecule has 0 unspecified atom stereocenters. The number of aromatic hydroxyl groups is 6. The number of benzene rings is 3. The zero-order valence-corrected chi connectivity index (χ0v) is 45.2. The molecule has 0 spiro atoms. The summed E-state index contributed by atoms with van der Waals surface area (Å²) in [6.45, 7) is 28.8. The smallest absolute Gasteiger partial charge is 0.157 e. The van der Waals surface area contributed by atoms with Gasteiger partial charge < -0.3 is 78.1 Å².